The first-order valence-corrected chi connectivity index (χ1v) is 7.72. The summed E-state index contributed by atoms with van der Waals surface area (Å²) in [5.41, 5.74) is 0.796. The van der Waals surface area contributed by atoms with Gasteiger partial charge in [-0.25, -0.2) is 4.39 Å². The molecule has 0 radical (unpaired) electrons. The lowest BCUT2D eigenvalue weighted by Crippen LogP contribution is -2.26. The highest BCUT2D eigenvalue weighted by Gasteiger charge is 2.17. The topological polar surface area (TPSA) is 60.5 Å². The molecule has 2 aromatic heterocycles. The van der Waals surface area contributed by atoms with Crippen LogP contribution in [0.5, 0.6) is 5.75 Å². The highest BCUT2D eigenvalue weighted by atomic mass is 19.1. The molecule has 3 rings (SSSR count). The van der Waals surface area contributed by atoms with Crippen LogP contribution < -0.4 is 4.74 Å². The lowest BCUT2D eigenvalue weighted by Gasteiger charge is -2.14. The normalized spacial score (nSPS) is 10.7. The van der Waals surface area contributed by atoms with E-state index in [9.17, 15) is 9.18 Å². The van der Waals surface area contributed by atoms with Crippen LogP contribution in [-0.2, 0) is 20.2 Å². The van der Waals surface area contributed by atoms with Crippen LogP contribution in [0.25, 0.3) is 0 Å². The van der Waals surface area contributed by atoms with Gasteiger partial charge in [0.2, 0.25) is 0 Å². The number of carbonyl (C=O) groups excluding carboxylic acids is 1. The van der Waals surface area contributed by atoms with Crippen LogP contribution in [0, 0.1) is 5.82 Å². The van der Waals surface area contributed by atoms with Gasteiger partial charge in [0.25, 0.3) is 5.91 Å². The van der Waals surface area contributed by atoms with E-state index in [1.165, 1.54) is 29.2 Å². The molecule has 0 aliphatic heterocycles. The van der Waals surface area contributed by atoms with Crippen molar-refractivity contribution < 1.29 is 18.3 Å². The van der Waals surface area contributed by atoms with Gasteiger partial charge in [-0.05, 0) is 42.5 Å². The van der Waals surface area contributed by atoms with Gasteiger partial charge < -0.3 is 14.1 Å². The summed E-state index contributed by atoms with van der Waals surface area (Å²) in [7, 11) is 3.51. The Balaban J connectivity index is 1.58. The predicted octanol–water partition coefficient (Wildman–Crippen LogP) is 3.00. The van der Waals surface area contributed by atoms with Crippen LogP contribution in [0.3, 0.4) is 0 Å². The van der Waals surface area contributed by atoms with Crippen LogP contribution >= 0.6 is 0 Å². The van der Waals surface area contributed by atoms with Crippen molar-refractivity contribution in [1.29, 1.82) is 0 Å². The van der Waals surface area contributed by atoms with Gasteiger partial charge in [0.1, 0.15) is 23.9 Å². The Morgan fingerprint density at radius 2 is 2.00 bits per heavy atom. The largest absolute Gasteiger partial charge is 0.486 e. The SMILES string of the molecule is CN(Cc1ccn(C)n1)C(=O)c1ccc(COc2ccc(F)cc2)o1. The fourth-order valence-electron chi connectivity index (χ4n) is 2.31. The number of nitrogens with zero attached hydrogens (tertiary/aromatic N) is 3. The third kappa shape index (κ3) is 4.26. The molecule has 1 amide bonds. The molecular formula is C18H18FN3O3. The molecule has 0 aliphatic carbocycles. The van der Waals surface area contributed by atoms with E-state index in [-0.39, 0.29) is 24.1 Å². The smallest absolute Gasteiger partial charge is 0.289 e. The van der Waals surface area contributed by atoms with Crippen molar-refractivity contribution in [2.24, 2.45) is 7.05 Å². The summed E-state index contributed by atoms with van der Waals surface area (Å²) < 4.78 is 25.6. The molecule has 0 bridgehead atoms. The number of ether oxygens (including phenoxy) is 1. The Labute approximate surface area is 144 Å². The van der Waals surface area contributed by atoms with E-state index in [0.717, 1.165) is 5.69 Å². The summed E-state index contributed by atoms with van der Waals surface area (Å²) in [4.78, 5) is 13.9. The average molecular weight is 343 g/mol. The zero-order valence-corrected chi connectivity index (χ0v) is 14.0. The van der Waals surface area contributed by atoms with Gasteiger partial charge in [-0.1, -0.05) is 0 Å². The Bertz CT molecular complexity index is 855. The van der Waals surface area contributed by atoms with Crippen molar-refractivity contribution in [1.82, 2.24) is 14.7 Å². The number of aryl methyl sites for hydroxylation is 1. The minimum absolute atomic E-state index is 0.156. The molecule has 0 unspecified atom stereocenters. The first kappa shape index (κ1) is 16.8. The zero-order valence-electron chi connectivity index (χ0n) is 14.0. The van der Waals surface area contributed by atoms with Crippen molar-refractivity contribution in [3.05, 3.63) is 71.7 Å². The number of hydrogen-bond acceptors (Lipinski definition) is 4. The van der Waals surface area contributed by atoms with Crippen molar-refractivity contribution in [2.75, 3.05) is 7.05 Å². The molecule has 2 heterocycles. The number of amides is 1. The number of carbonyl (C=O) groups is 1. The Hall–Kier alpha value is -3.09. The number of halogens is 1. The summed E-state index contributed by atoms with van der Waals surface area (Å²) in [5, 5.41) is 4.25. The number of furan rings is 1. The van der Waals surface area contributed by atoms with Crippen molar-refractivity contribution >= 4 is 5.91 Å². The van der Waals surface area contributed by atoms with E-state index in [2.05, 4.69) is 5.10 Å². The molecule has 0 saturated heterocycles. The summed E-state index contributed by atoms with van der Waals surface area (Å²) in [6.45, 7) is 0.546. The monoisotopic (exact) mass is 343 g/mol. The molecule has 25 heavy (non-hydrogen) atoms. The highest BCUT2D eigenvalue weighted by molar-refractivity contribution is 5.91. The molecule has 130 valence electrons. The van der Waals surface area contributed by atoms with Crippen molar-refractivity contribution in [2.45, 2.75) is 13.2 Å². The predicted molar refractivity (Wildman–Crippen MR) is 88.4 cm³/mol. The van der Waals surface area contributed by atoms with Gasteiger partial charge in [-0.15, -0.1) is 0 Å². The number of aromatic nitrogens is 2. The minimum atomic E-state index is -0.325. The summed E-state index contributed by atoms with van der Waals surface area (Å²) in [5.74, 6) is 0.709. The van der Waals surface area contributed by atoms with E-state index in [1.54, 1.807) is 23.9 Å². The van der Waals surface area contributed by atoms with Gasteiger partial charge in [0.05, 0.1) is 12.2 Å². The molecular weight excluding hydrogens is 325 g/mol. The second kappa shape index (κ2) is 7.21. The lowest BCUT2D eigenvalue weighted by molar-refractivity contribution is 0.0747. The van der Waals surface area contributed by atoms with Gasteiger partial charge in [0.15, 0.2) is 5.76 Å². The van der Waals surface area contributed by atoms with E-state index in [4.69, 9.17) is 9.15 Å². The van der Waals surface area contributed by atoms with Crippen LogP contribution in [0.15, 0.2) is 53.1 Å². The molecule has 1 aromatic carbocycles. The van der Waals surface area contributed by atoms with E-state index in [1.807, 2.05) is 19.3 Å². The van der Waals surface area contributed by atoms with Crippen LogP contribution in [-0.4, -0.2) is 27.6 Å². The number of benzene rings is 1. The molecule has 7 heteroatoms. The van der Waals surface area contributed by atoms with E-state index < -0.39 is 0 Å². The third-order valence-corrected chi connectivity index (χ3v) is 3.58. The van der Waals surface area contributed by atoms with Crippen LogP contribution in [0.4, 0.5) is 4.39 Å². The second-order valence-corrected chi connectivity index (χ2v) is 5.65. The maximum Gasteiger partial charge on any atom is 0.289 e. The Kier molecular flexibility index (Phi) is 4.83. The maximum absolute atomic E-state index is 12.9. The Morgan fingerprint density at radius 1 is 1.24 bits per heavy atom. The fourth-order valence-corrected chi connectivity index (χ4v) is 2.31. The average Bonchev–Trinajstić information content (AvgIpc) is 3.23. The quantitative estimate of drug-likeness (QED) is 0.690. The highest BCUT2D eigenvalue weighted by Crippen LogP contribution is 2.16. The Morgan fingerprint density at radius 3 is 2.68 bits per heavy atom. The second-order valence-electron chi connectivity index (χ2n) is 5.65. The van der Waals surface area contributed by atoms with Gasteiger partial charge in [0, 0.05) is 20.3 Å². The molecule has 6 nitrogen and oxygen atoms in total. The first-order chi connectivity index (χ1) is 12.0. The van der Waals surface area contributed by atoms with Gasteiger partial charge >= 0.3 is 0 Å². The molecule has 0 saturated carbocycles. The molecule has 0 aliphatic rings. The van der Waals surface area contributed by atoms with E-state index in [0.29, 0.717) is 18.1 Å². The standard InChI is InChI=1S/C18H18FN3O3/c1-21(11-14-9-10-22(2)20-14)18(23)17-8-7-16(25-17)12-24-15-5-3-13(19)4-6-15/h3-10H,11-12H2,1-2H3. The van der Waals surface area contributed by atoms with E-state index >= 15 is 0 Å². The number of hydrogen-bond donors (Lipinski definition) is 0. The van der Waals surface area contributed by atoms with Gasteiger partial charge in [-0.2, -0.15) is 5.10 Å². The summed E-state index contributed by atoms with van der Waals surface area (Å²) in [6, 6.07) is 10.9. The van der Waals surface area contributed by atoms with Crippen molar-refractivity contribution in [3.63, 3.8) is 0 Å². The molecule has 3 aromatic rings. The molecule has 0 fully saturated rings. The summed E-state index contributed by atoms with van der Waals surface area (Å²) >= 11 is 0. The third-order valence-electron chi connectivity index (χ3n) is 3.58. The first-order valence-electron chi connectivity index (χ1n) is 7.72. The zero-order chi connectivity index (χ0) is 17.8. The molecule has 0 spiro atoms. The lowest BCUT2D eigenvalue weighted by atomic mass is 10.3. The summed E-state index contributed by atoms with van der Waals surface area (Å²) in [6.07, 6.45) is 1.82. The van der Waals surface area contributed by atoms with Gasteiger partial charge in [-0.3, -0.25) is 9.48 Å². The van der Waals surface area contributed by atoms with Crippen molar-refractivity contribution in [3.8, 4) is 5.75 Å². The van der Waals surface area contributed by atoms with Crippen LogP contribution in [0.2, 0.25) is 0 Å². The molecule has 0 atom stereocenters. The van der Waals surface area contributed by atoms with Crippen LogP contribution in [0.1, 0.15) is 22.0 Å². The number of rotatable bonds is 6. The fraction of sp³-hybridized carbons (Fsp3) is 0.222. The molecule has 0 N–H and O–H groups in total. The maximum atomic E-state index is 12.9. The minimum Gasteiger partial charge on any atom is -0.486 e.